The van der Waals surface area contributed by atoms with Crippen LogP contribution < -0.4 is 0 Å². The van der Waals surface area contributed by atoms with Gasteiger partial charge in [0.1, 0.15) is 0 Å². The molecule has 3 heterocycles. The zero-order valence-electron chi connectivity index (χ0n) is 15.0. The number of hydrogen-bond donors (Lipinski definition) is 0. The van der Waals surface area contributed by atoms with Gasteiger partial charge in [-0.15, -0.1) is 0 Å². The predicted molar refractivity (Wildman–Crippen MR) is 94.1 cm³/mol. The van der Waals surface area contributed by atoms with Gasteiger partial charge in [0.05, 0.1) is 5.56 Å². The lowest BCUT2D eigenvalue weighted by molar-refractivity contribution is 0.0382. The number of likely N-dealkylation sites (tertiary alicyclic amines) is 2. The summed E-state index contributed by atoms with van der Waals surface area (Å²) >= 11 is 0. The Balaban J connectivity index is 1.58. The summed E-state index contributed by atoms with van der Waals surface area (Å²) in [5, 5.41) is 0. The van der Waals surface area contributed by atoms with Gasteiger partial charge in [-0.05, 0) is 57.7 Å². The molecule has 132 valence electrons. The second-order valence-electron chi connectivity index (χ2n) is 7.14. The van der Waals surface area contributed by atoms with Crippen LogP contribution >= 0.6 is 0 Å². The summed E-state index contributed by atoms with van der Waals surface area (Å²) in [6, 6.07) is 3.80. The number of methoxy groups -OCH3 is 1. The molecule has 0 aromatic carbocycles. The zero-order valence-corrected chi connectivity index (χ0v) is 15.0. The monoisotopic (exact) mass is 331 g/mol. The lowest BCUT2D eigenvalue weighted by Crippen LogP contribution is -2.53. The summed E-state index contributed by atoms with van der Waals surface area (Å²) in [6.45, 7) is 6.79. The zero-order chi connectivity index (χ0) is 17.0. The van der Waals surface area contributed by atoms with Crippen molar-refractivity contribution in [3.05, 3.63) is 29.6 Å². The number of pyridine rings is 1. The highest BCUT2D eigenvalue weighted by Gasteiger charge is 2.43. The van der Waals surface area contributed by atoms with E-state index in [1.807, 2.05) is 24.0 Å². The minimum absolute atomic E-state index is 0.126. The van der Waals surface area contributed by atoms with Crippen molar-refractivity contribution in [1.29, 1.82) is 0 Å². The molecule has 1 amide bonds. The highest BCUT2D eigenvalue weighted by atomic mass is 16.5. The average Bonchev–Trinajstić information content (AvgIpc) is 2.98. The molecule has 0 atom stereocenters. The molecule has 0 N–H and O–H groups in total. The molecule has 0 aliphatic carbocycles. The van der Waals surface area contributed by atoms with Crippen LogP contribution in [0.25, 0.3) is 0 Å². The standard InChI is InChI=1S/C19H29N3O2/c1-16-5-6-17(15-20-16)18(23)21-12-8-19(9-13-21)7-3-10-22(19)11-4-14-24-2/h5-6,15H,3-4,7-14H2,1-2H3. The molecule has 0 bridgehead atoms. The van der Waals surface area contributed by atoms with Crippen molar-refractivity contribution >= 4 is 5.91 Å². The number of aryl methyl sites for hydroxylation is 1. The summed E-state index contributed by atoms with van der Waals surface area (Å²) in [5.41, 5.74) is 1.97. The number of hydrogen-bond acceptors (Lipinski definition) is 4. The first-order valence-electron chi connectivity index (χ1n) is 9.10. The average molecular weight is 331 g/mol. The molecule has 2 aliphatic rings. The molecule has 1 aromatic rings. The quantitative estimate of drug-likeness (QED) is 0.778. The Morgan fingerprint density at radius 1 is 1.25 bits per heavy atom. The first kappa shape index (κ1) is 17.4. The number of aromatic nitrogens is 1. The molecule has 0 radical (unpaired) electrons. The van der Waals surface area contributed by atoms with Crippen molar-refractivity contribution in [2.75, 3.05) is 39.9 Å². The molecule has 2 saturated heterocycles. The third kappa shape index (κ3) is 3.62. The second-order valence-corrected chi connectivity index (χ2v) is 7.14. The van der Waals surface area contributed by atoms with Gasteiger partial charge in [0.25, 0.3) is 5.91 Å². The molecule has 5 heteroatoms. The predicted octanol–water partition coefficient (Wildman–Crippen LogP) is 2.50. The first-order valence-corrected chi connectivity index (χ1v) is 9.10. The maximum atomic E-state index is 12.7. The van der Waals surface area contributed by atoms with Crippen molar-refractivity contribution in [2.24, 2.45) is 0 Å². The van der Waals surface area contributed by atoms with E-state index in [9.17, 15) is 4.79 Å². The van der Waals surface area contributed by atoms with Gasteiger partial charge in [-0.3, -0.25) is 14.7 Å². The Labute approximate surface area is 145 Å². The highest BCUT2D eigenvalue weighted by Crippen LogP contribution is 2.38. The van der Waals surface area contributed by atoms with Gasteiger partial charge >= 0.3 is 0 Å². The fourth-order valence-corrected chi connectivity index (χ4v) is 4.21. The number of rotatable bonds is 5. The van der Waals surface area contributed by atoms with Crippen LogP contribution in [0.5, 0.6) is 0 Å². The van der Waals surface area contributed by atoms with Gasteiger partial charge < -0.3 is 9.64 Å². The Hall–Kier alpha value is -1.46. The Morgan fingerprint density at radius 3 is 2.71 bits per heavy atom. The summed E-state index contributed by atoms with van der Waals surface area (Å²) in [7, 11) is 1.77. The van der Waals surface area contributed by atoms with Crippen LogP contribution in [0.1, 0.15) is 48.2 Å². The van der Waals surface area contributed by atoms with Crippen LogP contribution in [0.3, 0.4) is 0 Å². The highest BCUT2D eigenvalue weighted by molar-refractivity contribution is 5.94. The van der Waals surface area contributed by atoms with E-state index < -0.39 is 0 Å². The van der Waals surface area contributed by atoms with Crippen LogP contribution in [-0.2, 0) is 4.74 Å². The summed E-state index contributed by atoms with van der Waals surface area (Å²) < 4.78 is 5.20. The molecule has 2 aliphatic heterocycles. The topological polar surface area (TPSA) is 45.7 Å². The van der Waals surface area contributed by atoms with E-state index in [0.29, 0.717) is 11.1 Å². The van der Waals surface area contributed by atoms with Crippen molar-refractivity contribution in [2.45, 2.75) is 44.6 Å². The van der Waals surface area contributed by atoms with Crippen molar-refractivity contribution in [3.63, 3.8) is 0 Å². The van der Waals surface area contributed by atoms with Crippen LogP contribution in [-0.4, -0.2) is 66.1 Å². The molecule has 24 heavy (non-hydrogen) atoms. The fourth-order valence-electron chi connectivity index (χ4n) is 4.21. The van der Waals surface area contributed by atoms with Gasteiger partial charge in [-0.25, -0.2) is 0 Å². The number of amides is 1. The van der Waals surface area contributed by atoms with E-state index in [-0.39, 0.29) is 5.91 Å². The normalized spacial score (nSPS) is 20.7. The molecule has 0 unspecified atom stereocenters. The van der Waals surface area contributed by atoms with Gasteiger partial charge in [-0.2, -0.15) is 0 Å². The lowest BCUT2D eigenvalue weighted by atomic mass is 9.84. The minimum Gasteiger partial charge on any atom is -0.385 e. The molecule has 0 saturated carbocycles. The maximum absolute atomic E-state index is 12.7. The van der Waals surface area contributed by atoms with E-state index in [0.717, 1.165) is 51.2 Å². The second kappa shape index (κ2) is 7.62. The third-order valence-electron chi connectivity index (χ3n) is 5.66. The molecular formula is C19H29N3O2. The molecule has 1 spiro atoms. The van der Waals surface area contributed by atoms with Crippen LogP contribution in [0.2, 0.25) is 0 Å². The minimum atomic E-state index is 0.126. The van der Waals surface area contributed by atoms with Crippen LogP contribution in [0.15, 0.2) is 18.3 Å². The van der Waals surface area contributed by atoms with Crippen molar-refractivity contribution in [3.8, 4) is 0 Å². The Morgan fingerprint density at radius 2 is 2.04 bits per heavy atom. The van der Waals surface area contributed by atoms with Crippen molar-refractivity contribution < 1.29 is 9.53 Å². The Bertz CT molecular complexity index is 550. The molecule has 5 nitrogen and oxygen atoms in total. The first-order chi connectivity index (χ1) is 11.6. The van der Waals surface area contributed by atoms with E-state index in [1.54, 1.807) is 13.3 Å². The van der Waals surface area contributed by atoms with Gasteiger partial charge in [-0.1, -0.05) is 0 Å². The summed E-state index contributed by atoms with van der Waals surface area (Å²) in [5.74, 6) is 0.126. The van der Waals surface area contributed by atoms with E-state index in [4.69, 9.17) is 4.74 Å². The van der Waals surface area contributed by atoms with E-state index >= 15 is 0 Å². The van der Waals surface area contributed by atoms with Crippen LogP contribution in [0.4, 0.5) is 0 Å². The SMILES string of the molecule is COCCCN1CCCC12CCN(C(=O)c1ccc(C)nc1)CC2. The molecule has 2 fully saturated rings. The third-order valence-corrected chi connectivity index (χ3v) is 5.66. The number of carbonyl (C=O) groups is 1. The number of carbonyl (C=O) groups excluding carboxylic acids is 1. The molecule has 3 rings (SSSR count). The fraction of sp³-hybridized carbons (Fsp3) is 0.684. The van der Waals surface area contributed by atoms with Crippen LogP contribution in [0, 0.1) is 6.92 Å². The van der Waals surface area contributed by atoms with Gasteiger partial charge in [0.2, 0.25) is 0 Å². The van der Waals surface area contributed by atoms with Gasteiger partial charge in [0, 0.05) is 50.8 Å². The lowest BCUT2D eigenvalue weighted by Gasteiger charge is -2.45. The Kier molecular flexibility index (Phi) is 5.51. The summed E-state index contributed by atoms with van der Waals surface area (Å²) in [4.78, 5) is 21.6. The summed E-state index contributed by atoms with van der Waals surface area (Å²) in [6.07, 6.45) is 7.53. The largest absolute Gasteiger partial charge is 0.385 e. The number of ether oxygens (including phenoxy) is 1. The number of nitrogens with zero attached hydrogens (tertiary/aromatic N) is 3. The van der Waals surface area contributed by atoms with E-state index in [1.165, 1.54) is 19.4 Å². The smallest absolute Gasteiger partial charge is 0.255 e. The molecule has 1 aromatic heterocycles. The van der Waals surface area contributed by atoms with Crippen molar-refractivity contribution in [1.82, 2.24) is 14.8 Å². The maximum Gasteiger partial charge on any atom is 0.255 e. The van der Waals surface area contributed by atoms with Gasteiger partial charge in [0.15, 0.2) is 0 Å². The van der Waals surface area contributed by atoms with E-state index in [2.05, 4.69) is 9.88 Å². The molecular weight excluding hydrogens is 302 g/mol. The number of piperidine rings is 1.